The van der Waals surface area contributed by atoms with Crippen LogP contribution in [-0.4, -0.2) is 52.5 Å². The highest BCUT2D eigenvalue weighted by Gasteiger charge is 2.73. The first-order valence-corrected chi connectivity index (χ1v) is 12.8. The van der Waals surface area contributed by atoms with Crippen LogP contribution in [0.2, 0.25) is 5.02 Å². The van der Waals surface area contributed by atoms with Crippen molar-refractivity contribution < 1.29 is 19.1 Å². The van der Waals surface area contributed by atoms with Crippen molar-refractivity contribution in [3.05, 3.63) is 41.4 Å². The Morgan fingerprint density at radius 1 is 1.24 bits per heavy atom. The maximum Gasteiger partial charge on any atom is 0.246 e. The Bertz CT molecular complexity index is 1020. The molecule has 3 heterocycles. The molecule has 7 nitrogen and oxygen atoms in total. The number of benzene rings is 1. The Balaban J connectivity index is 1.45. The van der Waals surface area contributed by atoms with Crippen LogP contribution in [0, 0.1) is 11.8 Å². The molecule has 5 rings (SSSR count). The van der Waals surface area contributed by atoms with Crippen LogP contribution in [0.1, 0.15) is 52.4 Å². The number of hydrogen-bond donors (Lipinski definition) is 2. The van der Waals surface area contributed by atoms with E-state index < -0.39 is 29.6 Å². The fourth-order valence-corrected chi connectivity index (χ4v) is 6.39. The van der Waals surface area contributed by atoms with E-state index in [4.69, 9.17) is 16.3 Å². The highest BCUT2D eigenvalue weighted by atomic mass is 35.5. The number of halogens is 1. The SMILES string of the molecule is CC[C@H](C)N1C(=O)[C@H]2[C@H](C(=O)Nc3cccc(Cl)c3)[C@H]3C=C[C@@]2(O3)[C@H]1C(=O)NC1CCCCC1. The lowest BCUT2D eigenvalue weighted by atomic mass is 9.74. The number of rotatable bonds is 6. The van der Waals surface area contributed by atoms with Crippen molar-refractivity contribution in [2.45, 2.75) is 82.2 Å². The smallest absolute Gasteiger partial charge is 0.246 e. The van der Waals surface area contributed by atoms with Gasteiger partial charge in [0.05, 0.1) is 17.9 Å². The van der Waals surface area contributed by atoms with E-state index in [0.717, 1.165) is 25.7 Å². The lowest BCUT2D eigenvalue weighted by molar-refractivity contribution is -0.143. The highest BCUT2D eigenvalue weighted by Crippen LogP contribution is 2.55. The van der Waals surface area contributed by atoms with E-state index in [1.54, 1.807) is 29.2 Å². The van der Waals surface area contributed by atoms with Crippen LogP contribution in [-0.2, 0) is 19.1 Å². The number of amides is 3. The number of carbonyl (C=O) groups excluding carboxylic acids is 3. The molecule has 0 unspecified atom stereocenters. The summed E-state index contributed by atoms with van der Waals surface area (Å²) in [6.45, 7) is 3.95. The first-order chi connectivity index (χ1) is 16.4. The van der Waals surface area contributed by atoms with E-state index in [9.17, 15) is 14.4 Å². The largest absolute Gasteiger partial charge is 0.359 e. The van der Waals surface area contributed by atoms with Crippen molar-refractivity contribution in [3.8, 4) is 0 Å². The van der Waals surface area contributed by atoms with Crippen LogP contribution in [0.4, 0.5) is 5.69 Å². The van der Waals surface area contributed by atoms with E-state index in [0.29, 0.717) is 17.1 Å². The van der Waals surface area contributed by atoms with Crippen LogP contribution in [0.25, 0.3) is 0 Å². The molecule has 8 heteroatoms. The molecule has 2 N–H and O–H groups in total. The number of anilines is 1. The Labute approximate surface area is 205 Å². The fourth-order valence-electron chi connectivity index (χ4n) is 6.20. The molecule has 0 radical (unpaired) electrons. The van der Waals surface area contributed by atoms with Gasteiger partial charge < -0.3 is 20.3 Å². The molecular formula is C26H32ClN3O4. The number of nitrogens with zero attached hydrogens (tertiary/aromatic N) is 1. The molecule has 2 bridgehead atoms. The number of likely N-dealkylation sites (tertiary alicyclic amines) is 1. The minimum absolute atomic E-state index is 0.120. The van der Waals surface area contributed by atoms with Gasteiger partial charge in [0.2, 0.25) is 17.7 Å². The lowest BCUT2D eigenvalue weighted by Gasteiger charge is -2.36. The highest BCUT2D eigenvalue weighted by molar-refractivity contribution is 6.30. The van der Waals surface area contributed by atoms with Crippen molar-refractivity contribution >= 4 is 35.0 Å². The van der Waals surface area contributed by atoms with Crippen molar-refractivity contribution in [2.75, 3.05) is 5.32 Å². The minimum Gasteiger partial charge on any atom is -0.359 e. The molecule has 4 aliphatic rings. The van der Waals surface area contributed by atoms with E-state index >= 15 is 0 Å². The molecular weight excluding hydrogens is 454 g/mol. The van der Waals surface area contributed by atoms with E-state index in [-0.39, 0.29) is 29.8 Å². The number of nitrogens with one attached hydrogen (secondary N) is 2. The first kappa shape index (κ1) is 23.4. The van der Waals surface area contributed by atoms with E-state index in [1.165, 1.54) is 6.42 Å². The molecule has 1 aromatic rings. The van der Waals surface area contributed by atoms with Gasteiger partial charge in [-0.2, -0.15) is 0 Å². The second-order valence-electron chi connectivity index (χ2n) is 10.0. The summed E-state index contributed by atoms with van der Waals surface area (Å²) in [5.74, 6) is -2.11. The summed E-state index contributed by atoms with van der Waals surface area (Å²) in [5.41, 5.74) is -0.561. The Morgan fingerprint density at radius 2 is 2.00 bits per heavy atom. The van der Waals surface area contributed by atoms with Gasteiger partial charge in [-0.15, -0.1) is 0 Å². The molecule has 1 aliphatic carbocycles. The zero-order chi connectivity index (χ0) is 24.0. The van der Waals surface area contributed by atoms with E-state index in [1.807, 2.05) is 26.0 Å². The third-order valence-electron chi connectivity index (χ3n) is 7.97. The second-order valence-corrected chi connectivity index (χ2v) is 10.5. The zero-order valence-corrected chi connectivity index (χ0v) is 20.4. The van der Waals surface area contributed by atoms with Gasteiger partial charge in [-0.3, -0.25) is 14.4 Å². The molecule has 6 atom stereocenters. The predicted octanol–water partition coefficient (Wildman–Crippen LogP) is 3.68. The van der Waals surface area contributed by atoms with Crippen LogP contribution < -0.4 is 10.6 Å². The van der Waals surface area contributed by atoms with Crippen molar-refractivity contribution in [1.82, 2.24) is 10.2 Å². The molecule has 2 saturated heterocycles. The summed E-state index contributed by atoms with van der Waals surface area (Å²) in [5, 5.41) is 6.62. The second kappa shape index (κ2) is 9.00. The third-order valence-corrected chi connectivity index (χ3v) is 8.21. The fraction of sp³-hybridized carbons (Fsp3) is 0.577. The van der Waals surface area contributed by atoms with Crippen LogP contribution in [0.3, 0.4) is 0 Å². The van der Waals surface area contributed by atoms with Crippen molar-refractivity contribution in [3.63, 3.8) is 0 Å². The number of hydrogen-bond acceptors (Lipinski definition) is 4. The van der Waals surface area contributed by atoms with Gasteiger partial charge in [-0.25, -0.2) is 0 Å². The van der Waals surface area contributed by atoms with Gasteiger partial charge >= 0.3 is 0 Å². The Kier molecular flexibility index (Phi) is 6.19. The summed E-state index contributed by atoms with van der Waals surface area (Å²) in [7, 11) is 0. The maximum absolute atomic E-state index is 13.8. The van der Waals surface area contributed by atoms with Crippen LogP contribution in [0.15, 0.2) is 36.4 Å². The van der Waals surface area contributed by atoms with Gasteiger partial charge in [-0.1, -0.05) is 56.0 Å². The zero-order valence-electron chi connectivity index (χ0n) is 19.6. The quantitative estimate of drug-likeness (QED) is 0.602. The third kappa shape index (κ3) is 3.73. The van der Waals surface area contributed by atoms with Gasteiger partial charge in [0.1, 0.15) is 11.6 Å². The molecule has 3 aliphatic heterocycles. The molecule has 1 spiro atoms. The summed E-state index contributed by atoms with van der Waals surface area (Å²) < 4.78 is 6.38. The molecule has 182 valence electrons. The lowest BCUT2D eigenvalue weighted by Crippen LogP contribution is -2.58. The van der Waals surface area contributed by atoms with Crippen LogP contribution >= 0.6 is 11.6 Å². The van der Waals surface area contributed by atoms with Gasteiger partial charge in [-0.05, 0) is 44.4 Å². The average molecular weight is 486 g/mol. The summed E-state index contributed by atoms with van der Waals surface area (Å²) in [4.78, 5) is 42.6. The molecule has 1 aromatic carbocycles. The summed E-state index contributed by atoms with van der Waals surface area (Å²) >= 11 is 6.07. The van der Waals surface area contributed by atoms with Crippen molar-refractivity contribution in [1.29, 1.82) is 0 Å². The molecule has 1 saturated carbocycles. The normalized spacial score (nSPS) is 33.1. The summed E-state index contributed by atoms with van der Waals surface area (Å²) in [6.07, 6.45) is 9.15. The monoisotopic (exact) mass is 485 g/mol. The average Bonchev–Trinajstić information content (AvgIpc) is 3.46. The number of ether oxygens (including phenoxy) is 1. The molecule has 3 amide bonds. The Morgan fingerprint density at radius 3 is 2.71 bits per heavy atom. The van der Waals surface area contributed by atoms with Gasteiger partial charge in [0.15, 0.2) is 0 Å². The topological polar surface area (TPSA) is 87.7 Å². The molecule has 34 heavy (non-hydrogen) atoms. The number of carbonyl (C=O) groups is 3. The molecule has 0 aromatic heterocycles. The first-order valence-electron chi connectivity index (χ1n) is 12.4. The van der Waals surface area contributed by atoms with Crippen LogP contribution in [0.5, 0.6) is 0 Å². The van der Waals surface area contributed by atoms with Gasteiger partial charge in [0.25, 0.3) is 0 Å². The summed E-state index contributed by atoms with van der Waals surface area (Å²) in [6, 6.07) is 6.10. The van der Waals surface area contributed by atoms with E-state index in [2.05, 4.69) is 10.6 Å². The Hall–Kier alpha value is -2.38. The van der Waals surface area contributed by atoms with Crippen molar-refractivity contribution in [2.24, 2.45) is 11.8 Å². The predicted molar refractivity (Wildman–Crippen MR) is 129 cm³/mol. The van der Waals surface area contributed by atoms with Gasteiger partial charge in [0, 0.05) is 22.8 Å². The number of fused-ring (bicyclic) bond motifs is 1. The maximum atomic E-state index is 13.8. The molecule has 3 fully saturated rings. The standard InChI is InChI=1S/C26H32ClN3O4/c1-3-15(2)30-22(24(32)28-17-9-5-4-6-10-17)26-13-12-19(34-26)20(21(26)25(30)33)23(31)29-18-11-7-8-16(27)14-18/h7-8,11-15,17,19-22H,3-6,9-10H2,1-2H3,(H,28,32)(H,29,31)/t15-,19+,20+,21+,22+,26-/m0/s1. The minimum atomic E-state index is -1.12.